The molecule has 2 N–H and O–H groups in total. The van der Waals surface area contributed by atoms with Gasteiger partial charge in [-0.25, -0.2) is 13.6 Å². The molecule has 6 heteroatoms. The molecule has 1 aromatic rings. The van der Waals surface area contributed by atoms with Gasteiger partial charge in [-0.15, -0.1) is 0 Å². The zero-order chi connectivity index (χ0) is 14.5. The summed E-state index contributed by atoms with van der Waals surface area (Å²) in [5.74, 6) is 0.627. The Morgan fingerprint density at radius 3 is 2.16 bits per heavy atom. The van der Waals surface area contributed by atoms with Crippen molar-refractivity contribution < 1.29 is 17.9 Å². The predicted molar refractivity (Wildman–Crippen MR) is 73.9 cm³/mol. The lowest BCUT2D eigenvalue weighted by Gasteiger charge is -2.12. The highest BCUT2D eigenvalue weighted by Crippen LogP contribution is 2.24. The van der Waals surface area contributed by atoms with E-state index in [1.165, 1.54) is 0 Å². The summed E-state index contributed by atoms with van der Waals surface area (Å²) >= 11 is 0. The summed E-state index contributed by atoms with van der Waals surface area (Å²) in [6.07, 6.45) is 0.973. The van der Waals surface area contributed by atoms with E-state index < -0.39 is 10.0 Å². The Hall–Kier alpha value is -1.11. The number of nitrogens with two attached hydrogens (primary N) is 1. The van der Waals surface area contributed by atoms with Gasteiger partial charge < -0.3 is 9.47 Å². The third kappa shape index (κ3) is 4.81. The molecule has 0 aliphatic carbocycles. The van der Waals surface area contributed by atoms with Crippen molar-refractivity contribution in [1.29, 1.82) is 0 Å². The van der Waals surface area contributed by atoms with Gasteiger partial charge in [-0.3, -0.25) is 0 Å². The quantitative estimate of drug-likeness (QED) is 0.775. The van der Waals surface area contributed by atoms with E-state index in [0.717, 1.165) is 6.42 Å². The van der Waals surface area contributed by atoms with Gasteiger partial charge in [0.25, 0.3) is 0 Å². The number of rotatable bonds is 7. The Morgan fingerprint density at radius 1 is 1.11 bits per heavy atom. The van der Waals surface area contributed by atoms with Crippen molar-refractivity contribution in [3.05, 3.63) is 23.3 Å². The van der Waals surface area contributed by atoms with Crippen molar-refractivity contribution in [3.63, 3.8) is 0 Å². The molecule has 108 valence electrons. The van der Waals surface area contributed by atoms with Crippen LogP contribution in [0.2, 0.25) is 0 Å². The van der Waals surface area contributed by atoms with E-state index in [4.69, 9.17) is 14.6 Å². The molecule has 0 aliphatic rings. The Bertz CT molecular complexity index is 502. The van der Waals surface area contributed by atoms with E-state index in [1.54, 1.807) is 26.0 Å². The molecule has 1 aromatic carbocycles. The Morgan fingerprint density at radius 2 is 1.68 bits per heavy atom. The van der Waals surface area contributed by atoms with E-state index in [1.807, 2.05) is 6.92 Å². The van der Waals surface area contributed by atoms with Crippen LogP contribution in [0.5, 0.6) is 5.75 Å². The maximum atomic E-state index is 11.4. The molecule has 0 atom stereocenters. The van der Waals surface area contributed by atoms with Crippen molar-refractivity contribution in [2.24, 2.45) is 5.14 Å². The molecule has 0 heterocycles. The van der Waals surface area contributed by atoms with Gasteiger partial charge in [0, 0.05) is 6.61 Å². The maximum Gasteiger partial charge on any atom is 0.238 e. The smallest absolute Gasteiger partial charge is 0.238 e. The molecular weight excluding hydrogens is 266 g/mol. The monoisotopic (exact) mass is 287 g/mol. The van der Waals surface area contributed by atoms with E-state index in [0.29, 0.717) is 36.7 Å². The van der Waals surface area contributed by atoms with Crippen molar-refractivity contribution in [2.75, 3.05) is 19.8 Å². The van der Waals surface area contributed by atoms with Crippen molar-refractivity contribution >= 4 is 10.0 Å². The molecule has 0 saturated carbocycles. The van der Waals surface area contributed by atoms with Crippen LogP contribution in [0.1, 0.15) is 24.5 Å². The molecular formula is C13H21NO4S. The highest BCUT2D eigenvalue weighted by atomic mass is 32.2. The maximum absolute atomic E-state index is 11.4. The van der Waals surface area contributed by atoms with Crippen LogP contribution in [-0.4, -0.2) is 28.2 Å². The first-order valence-electron chi connectivity index (χ1n) is 6.21. The van der Waals surface area contributed by atoms with Crippen LogP contribution in [0, 0.1) is 13.8 Å². The molecule has 0 aromatic heterocycles. The summed E-state index contributed by atoms with van der Waals surface area (Å²) in [4.78, 5) is 0.169. The highest BCUT2D eigenvalue weighted by molar-refractivity contribution is 7.89. The van der Waals surface area contributed by atoms with Crippen LogP contribution in [0.3, 0.4) is 0 Å². The second kappa shape index (κ2) is 6.88. The Labute approximate surface area is 114 Å². The number of aryl methyl sites for hydroxylation is 2. The third-order valence-electron chi connectivity index (χ3n) is 2.56. The Balaban J connectivity index is 2.74. The molecule has 0 spiro atoms. The number of hydrogen-bond donors (Lipinski definition) is 1. The molecule has 19 heavy (non-hydrogen) atoms. The van der Waals surface area contributed by atoms with E-state index in [2.05, 4.69) is 0 Å². The first-order chi connectivity index (χ1) is 8.86. The summed E-state index contributed by atoms with van der Waals surface area (Å²) in [5.41, 5.74) is 1.18. The number of benzene rings is 1. The van der Waals surface area contributed by atoms with Gasteiger partial charge in [0.1, 0.15) is 12.4 Å². The lowest BCUT2D eigenvalue weighted by atomic mass is 10.1. The second-order valence-corrected chi connectivity index (χ2v) is 5.89. The van der Waals surface area contributed by atoms with Gasteiger partial charge in [-0.2, -0.15) is 0 Å². The molecule has 1 rings (SSSR count). The minimum absolute atomic E-state index is 0.169. The fourth-order valence-corrected chi connectivity index (χ4v) is 2.92. The molecule has 0 saturated heterocycles. The first kappa shape index (κ1) is 15.9. The first-order valence-corrected chi connectivity index (χ1v) is 7.75. The highest BCUT2D eigenvalue weighted by Gasteiger charge is 2.16. The SMILES string of the molecule is CCCOCCOc1cc(C)c(S(N)(=O)=O)c(C)c1. The van der Waals surface area contributed by atoms with Crippen LogP contribution in [0.25, 0.3) is 0 Å². The predicted octanol–water partition coefficient (Wildman–Crippen LogP) is 1.76. The number of sulfonamides is 1. The largest absolute Gasteiger partial charge is 0.491 e. The zero-order valence-corrected chi connectivity index (χ0v) is 12.4. The minimum Gasteiger partial charge on any atom is -0.491 e. The van der Waals surface area contributed by atoms with E-state index in [9.17, 15) is 8.42 Å². The summed E-state index contributed by atoms with van der Waals surface area (Å²) in [6, 6.07) is 3.35. The molecule has 0 bridgehead atoms. The van der Waals surface area contributed by atoms with Crippen LogP contribution in [0.15, 0.2) is 17.0 Å². The fraction of sp³-hybridized carbons (Fsp3) is 0.538. The number of ether oxygens (including phenoxy) is 2. The summed E-state index contributed by atoms with van der Waals surface area (Å²) < 4.78 is 33.7. The summed E-state index contributed by atoms with van der Waals surface area (Å²) in [7, 11) is -3.69. The van der Waals surface area contributed by atoms with Crippen molar-refractivity contribution in [1.82, 2.24) is 0 Å². The third-order valence-corrected chi connectivity index (χ3v) is 3.78. The average molecular weight is 287 g/mol. The lowest BCUT2D eigenvalue weighted by Crippen LogP contribution is -2.15. The van der Waals surface area contributed by atoms with E-state index >= 15 is 0 Å². The molecule has 0 unspecified atom stereocenters. The second-order valence-electron chi connectivity index (χ2n) is 4.39. The van der Waals surface area contributed by atoms with Gasteiger partial charge in [0.15, 0.2) is 0 Å². The van der Waals surface area contributed by atoms with Gasteiger partial charge in [-0.05, 0) is 43.5 Å². The van der Waals surface area contributed by atoms with Gasteiger partial charge >= 0.3 is 0 Å². The minimum atomic E-state index is -3.69. The fourth-order valence-electron chi connectivity index (χ4n) is 1.91. The summed E-state index contributed by atoms with van der Waals surface area (Å²) in [5, 5.41) is 5.17. The normalized spacial score (nSPS) is 11.6. The molecule has 0 aliphatic heterocycles. The van der Waals surface area contributed by atoms with Gasteiger partial charge in [-0.1, -0.05) is 6.92 Å². The molecule has 0 amide bonds. The molecule has 0 radical (unpaired) electrons. The van der Waals surface area contributed by atoms with Crippen molar-refractivity contribution in [2.45, 2.75) is 32.1 Å². The topological polar surface area (TPSA) is 78.6 Å². The lowest BCUT2D eigenvalue weighted by molar-refractivity contribution is 0.101. The summed E-state index contributed by atoms with van der Waals surface area (Å²) in [6.45, 7) is 7.11. The molecule has 0 fully saturated rings. The molecule has 5 nitrogen and oxygen atoms in total. The van der Waals surface area contributed by atoms with E-state index in [-0.39, 0.29) is 4.90 Å². The zero-order valence-electron chi connectivity index (χ0n) is 11.6. The van der Waals surface area contributed by atoms with Crippen LogP contribution in [-0.2, 0) is 14.8 Å². The van der Waals surface area contributed by atoms with Crippen molar-refractivity contribution in [3.8, 4) is 5.75 Å². The van der Waals surface area contributed by atoms with Crippen LogP contribution in [0.4, 0.5) is 0 Å². The van der Waals surface area contributed by atoms with Gasteiger partial charge in [0.05, 0.1) is 11.5 Å². The average Bonchev–Trinajstić information content (AvgIpc) is 2.25. The Kier molecular flexibility index (Phi) is 5.78. The standard InChI is InChI=1S/C13H21NO4S/c1-4-5-17-6-7-18-12-8-10(2)13(11(3)9-12)19(14,15)16/h8-9H,4-7H2,1-3H3,(H2,14,15,16). The number of hydrogen-bond acceptors (Lipinski definition) is 4. The van der Waals surface area contributed by atoms with Gasteiger partial charge in [0.2, 0.25) is 10.0 Å². The van der Waals surface area contributed by atoms with Crippen LogP contribution >= 0.6 is 0 Å². The number of primary sulfonamides is 1. The van der Waals surface area contributed by atoms with Crippen LogP contribution < -0.4 is 9.88 Å².